The number of fused-ring (bicyclic) bond motifs is 1. The molecule has 2 aromatic heterocycles. The second kappa shape index (κ2) is 5.93. The van der Waals surface area contributed by atoms with Crippen LogP contribution in [0.15, 0.2) is 36.5 Å². The summed E-state index contributed by atoms with van der Waals surface area (Å²) in [4.78, 5) is 4.30. The number of nitrogens with one attached hydrogen (secondary N) is 1. The first kappa shape index (κ1) is 13.6. The number of ether oxygens (including phenoxy) is 2. The van der Waals surface area contributed by atoms with Gasteiger partial charge in [0.15, 0.2) is 0 Å². The van der Waals surface area contributed by atoms with Gasteiger partial charge < -0.3 is 9.47 Å². The summed E-state index contributed by atoms with van der Waals surface area (Å²) in [6.45, 7) is 3.11. The molecular weight excluding hydrogens is 266 g/mol. The molecule has 0 saturated carbocycles. The fourth-order valence-electron chi connectivity index (χ4n) is 2.18. The molecule has 0 radical (unpaired) electrons. The first-order chi connectivity index (χ1) is 10.3. The Hall–Kier alpha value is -2.40. The van der Waals surface area contributed by atoms with Crippen LogP contribution in [0.2, 0.25) is 0 Å². The highest BCUT2D eigenvalue weighted by Crippen LogP contribution is 2.27. The average Bonchev–Trinajstić information content (AvgIpc) is 2.91. The van der Waals surface area contributed by atoms with Gasteiger partial charge in [-0.15, -0.1) is 0 Å². The maximum absolute atomic E-state index is 5.46. The second-order valence-corrected chi connectivity index (χ2v) is 4.85. The number of methoxy groups -OCH3 is 1. The standard InChI is InChI=1S/C16H17N3O2/c1-11-3-5-14-13(9-11)16(19-18-14)12-4-6-15(17-10-12)21-8-7-20-2/h3-6,9-10H,7-8H2,1-2H3,(H,18,19). The van der Waals surface area contributed by atoms with Gasteiger partial charge in [0.05, 0.1) is 12.1 Å². The van der Waals surface area contributed by atoms with Crippen molar-refractivity contribution in [3.8, 4) is 17.1 Å². The van der Waals surface area contributed by atoms with E-state index in [0.29, 0.717) is 19.1 Å². The molecule has 5 nitrogen and oxygen atoms in total. The Bertz CT molecular complexity index is 735. The minimum absolute atomic E-state index is 0.493. The zero-order chi connectivity index (χ0) is 14.7. The number of benzene rings is 1. The molecule has 108 valence electrons. The Labute approximate surface area is 122 Å². The minimum Gasteiger partial charge on any atom is -0.475 e. The van der Waals surface area contributed by atoms with Gasteiger partial charge in [-0.25, -0.2) is 4.98 Å². The zero-order valence-electron chi connectivity index (χ0n) is 12.1. The monoisotopic (exact) mass is 283 g/mol. The smallest absolute Gasteiger partial charge is 0.213 e. The Kier molecular flexibility index (Phi) is 3.83. The fourth-order valence-corrected chi connectivity index (χ4v) is 2.18. The summed E-state index contributed by atoms with van der Waals surface area (Å²) in [6.07, 6.45) is 1.78. The molecule has 1 aromatic carbocycles. The lowest BCUT2D eigenvalue weighted by Crippen LogP contribution is -2.05. The molecule has 0 atom stereocenters. The number of hydrogen-bond donors (Lipinski definition) is 1. The van der Waals surface area contributed by atoms with Crippen molar-refractivity contribution >= 4 is 10.9 Å². The lowest BCUT2D eigenvalue weighted by atomic mass is 10.1. The summed E-state index contributed by atoms with van der Waals surface area (Å²) in [6, 6.07) is 10.0. The van der Waals surface area contributed by atoms with Crippen molar-refractivity contribution in [1.82, 2.24) is 15.2 Å². The molecule has 21 heavy (non-hydrogen) atoms. The van der Waals surface area contributed by atoms with Crippen LogP contribution in [0.5, 0.6) is 5.88 Å². The average molecular weight is 283 g/mol. The lowest BCUT2D eigenvalue weighted by molar-refractivity contribution is 0.144. The van der Waals surface area contributed by atoms with Gasteiger partial charge in [-0.3, -0.25) is 5.10 Å². The van der Waals surface area contributed by atoms with Crippen LogP contribution in [0.25, 0.3) is 22.2 Å². The Morgan fingerprint density at radius 2 is 2.05 bits per heavy atom. The van der Waals surface area contributed by atoms with Crippen molar-refractivity contribution in [2.45, 2.75) is 6.92 Å². The molecular formula is C16H17N3O2. The van der Waals surface area contributed by atoms with E-state index in [2.05, 4.69) is 34.2 Å². The van der Waals surface area contributed by atoms with E-state index >= 15 is 0 Å². The molecule has 1 N–H and O–H groups in total. The quantitative estimate of drug-likeness (QED) is 0.731. The highest BCUT2D eigenvalue weighted by molar-refractivity contribution is 5.93. The molecule has 0 aliphatic carbocycles. The number of pyridine rings is 1. The second-order valence-electron chi connectivity index (χ2n) is 4.85. The van der Waals surface area contributed by atoms with Gasteiger partial charge in [0, 0.05) is 30.3 Å². The first-order valence-corrected chi connectivity index (χ1v) is 6.81. The number of hydrogen-bond acceptors (Lipinski definition) is 4. The molecule has 0 bridgehead atoms. The molecule has 3 aromatic rings. The van der Waals surface area contributed by atoms with E-state index in [1.165, 1.54) is 5.56 Å². The molecule has 0 fully saturated rings. The number of aromatic amines is 1. The summed E-state index contributed by atoms with van der Waals surface area (Å²) >= 11 is 0. The normalized spacial score (nSPS) is 11.0. The Balaban J connectivity index is 1.87. The topological polar surface area (TPSA) is 60.0 Å². The van der Waals surface area contributed by atoms with Crippen molar-refractivity contribution in [3.63, 3.8) is 0 Å². The Morgan fingerprint density at radius 3 is 2.81 bits per heavy atom. The SMILES string of the molecule is COCCOc1ccc(-c2n[nH]c3ccc(C)cc23)cn1. The Morgan fingerprint density at radius 1 is 1.14 bits per heavy atom. The number of H-pyrrole nitrogens is 1. The molecule has 2 heterocycles. The van der Waals surface area contributed by atoms with E-state index in [1.54, 1.807) is 13.3 Å². The third-order valence-electron chi connectivity index (χ3n) is 3.27. The molecule has 0 aliphatic heterocycles. The number of aromatic nitrogens is 3. The van der Waals surface area contributed by atoms with Crippen molar-refractivity contribution in [1.29, 1.82) is 0 Å². The third-order valence-corrected chi connectivity index (χ3v) is 3.27. The van der Waals surface area contributed by atoms with Crippen LogP contribution in [0, 0.1) is 6.92 Å². The van der Waals surface area contributed by atoms with Crippen molar-refractivity contribution < 1.29 is 9.47 Å². The van der Waals surface area contributed by atoms with Gasteiger partial charge >= 0.3 is 0 Å². The van der Waals surface area contributed by atoms with E-state index in [1.807, 2.05) is 18.2 Å². The molecule has 0 spiro atoms. The van der Waals surface area contributed by atoms with Crippen LogP contribution in [-0.2, 0) is 4.74 Å². The largest absolute Gasteiger partial charge is 0.475 e. The van der Waals surface area contributed by atoms with Crippen LogP contribution in [0.3, 0.4) is 0 Å². The van der Waals surface area contributed by atoms with Crippen LogP contribution in [-0.4, -0.2) is 35.5 Å². The van der Waals surface area contributed by atoms with E-state index in [9.17, 15) is 0 Å². The van der Waals surface area contributed by atoms with Crippen LogP contribution in [0.4, 0.5) is 0 Å². The van der Waals surface area contributed by atoms with Gasteiger partial charge in [0.2, 0.25) is 5.88 Å². The highest BCUT2D eigenvalue weighted by Gasteiger charge is 2.09. The molecule has 0 saturated heterocycles. The van der Waals surface area contributed by atoms with Crippen LogP contribution < -0.4 is 4.74 Å². The van der Waals surface area contributed by atoms with E-state index in [4.69, 9.17) is 9.47 Å². The van der Waals surface area contributed by atoms with Gasteiger partial charge in [-0.1, -0.05) is 11.6 Å². The van der Waals surface area contributed by atoms with Gasteiger partial charge in [0.25, 0.3) is 0 Å². The highest BCUT2D eigenvalue weighted by atomic mass is 16.5. The zero-order valence-corrected chi connectivity index (χ0v) is 12.1. The van der Waals surface area contributed by atoms with Gasteiger partial charge in [-0.2, -0.15) is 5.10 Å². The van der Waals surface area contributed by atoms with Gasteiger partial charge in [0.1, 0.15) is 12.3 Å². The molecule has 5 heteroatoms. The summed E-state index contributed by atoms with van der Waals surface area (Å²) in [5, 5.41) is 8.53. The molecule has 3 rings (SSSR count). The summed E-state index contributed by atoms with van der Waals surface area (Å²) < 4.78 is 10.4. The maximum atomic E-state index is 5.46. The third kappa shape index (κ3) is 2.87. The molecule has 0 aliphatic rings. The number of aryl methyl sites for hydroxylation is 1. The summed E-state index contributed by atoms with van der Waals surface area (Å²) in [7, 11) is 1.64. The number of rotatable bonds is 5. The lowest BCUT2D eigenvalue weighted by Gasteiger charge is -2.05. The van der Waals surface area contributed by atoms with Crippen LogP contribution in [0.1, 0.15) is 5.56 Å². The number of nitrogens with zero attached hydrogens (tertiary/aromatic N) is 2. The summed E-state index contributed by atoms with van der Waals surface area (Å²) in [5.74, 6) is 0.590. The van der Waals surface area contributed by atoms with E-state index in [0.717, 1.165) is 22.2 Å². The van der Waals surface area contributed by atoms with Gasteiger partial charge in [-0.05, 0) is 25.1 Å². The van der Waals surface area contributed by atoms with E-state index < -0.39 is 0 Å². The van der Waals surface area contributed by atoms with Crippen molar-refractivity contribution in [2.24, 2.45) is 0 Å². The first-order valence-electron chi connectivity index (χ1n) is 6.81. The maximum Gasteiger partial charge on any atom is 0.213 e. The molecule has 0 unspecified atom stereocenters. The fraction of sp³-hybridized carbons (Fsp3) is 0.250. The minimum atomic E-state index is 0.493. The molecule has 0 amide bonds. The predicted molar refractivity (Wildman–Crippen MR) is 81.4 cm³/mol. The summed E-state index contributed by atoms with van der Waals surface area (Å²) in [5.41, 5.74) is 4.10. The van der Waals surface area contributed by atoms with E-state index in [-0.39, 0.29) is 0 Å². The van der Waals surface area contributed by atoms with Crippen molar-refractivity contribution in [3.05, 3.63) is 42.1 Å². The van der Waals surface area contributed by atoms with Crippen LogP contribution >= 0.6 is 0 Å². The van der Waals surface area contributed by atoms with Crippen molar-refractivity contribution in [2.75, 3.05) is 20.3 Å². The predicted octanol–water partition coefficient (Wildman–Crippen LogP) is 2.96.